The first kappa shape index (κ1) is 18.1. The Labute approximate surface area is 164 Å². The largest absolute Gasteiger partial charge is 0.459 e. The second-order valence-corrected chi connectivity index (χ2v) is 6.85. The molecule has 0 unspecified atom stereocenters. The molecule has 1 amide bonds. The SMILES string of the molecule is CN=C(NCc1ccc(N2CCCC2=O)cc1)NCc1cc2ccccc2o1. The van der Waals surface area contributed by atoms with Crippen LogP contribution in [0.3, 0.4) is 0 Å². The normalized spacial score (nSPS) is 14.7. The molecule has 28 heavy (non-hydrogen) atoms. The monoisotopic (exact) mass is 376 g/mol. The Balaban J connectivity index is 1.31. The molecule has 2 heterocycles. The van der Waals surface area contributed by atoms with Crippen LogP contribution in [0.5, 0.6) is 0 Å². The molecule has 0 spiro atoms. The minimum Gasteiger partial charge on any atom is -0.459 e. The van der Waals surface area contributed by atoms with Crippen molar-refractivity contribution in [3.05, 3.63) is 65.9 Å². The average Bonchev–Trinajstić information content (AvgIpc) is 3.34. The summed E-state index contributed by atoms with van der Waals surface area (Å²) in [6.45, 7) is 2.02. The predicted octanol–water partition coefficient (Wildman–Crippen LogP) is 3.42. The number of nitrogens with one attached hydrogen (secondary N) is 2. The van der Waals surface area contributed by atoms with Crippen molar-refractivity contribution in [1.29, 1.82) is 0 Å². The number of amides is 1. The molecule has 144 valence electrons. The number of hydrogen-bond acceptors (Lipinski definition) is 3. The molecule has 2 aromatic carbocycles. The van der Waals surface area contributed by atoms with Crippen LogP contribution in [-0.2, 0) is 17.9 Å². The van der Waals surface area contributed by atoms with Crippen molar-refractivity contribution in [3.63, 3.8) is 0 Å². The molecule has 0 saturated carbocycles. The minimum atomic E-state index is 0.209. The van der Waals surface area contributed by atoms with Gasteiger partial charge in [-0.15, -0.1) is 0 Å². The van der Waals surface area contributed by atoms with Crippen molar-refractivity contribution in [2.24, 2.45) is 4.99 Å². The molecule has 0 atom stereocenters. The van der Waals surface area contributed by atoms with Gasteiger partial charge in [-0.2, -0.15) is 0 Å². The van der Waals surface area contributed by atoms with Gasteiger partial charge in [-0.25, -0.2) is 0 Å². The highest BCUT2D eigenvalue weighted by Crippen LogP contribution is 2.21. The van der Waals surface area contributed by atoms with E-state index in [2.05, 4.69) is 15.6 Å². The summed E-state index contributed by atoms with van der Waals surface area (Å²) in [6, 6.07) is 18.1. The lowest BCUT2D eigenvalue weighted by Gasteiger charge is -2.16. The summed E-state index contributed by atoms with van der Waals surface area (Å²) in [5, 5.41) is 7.67. The summed E-state index contributed by atoms with van der Waals surface area (Å²) in [6.07, 6.45) is 1.59. The van der Waals surface area contributed by atoms with Crippen LogP contribution in [0.15, 0.2) is 64.0 Å². The van der Waals surface area contributed by atoms with E-state index < -0.39 is 0 Å². The summed E-state index contributed by atoms with van der Waals surface area (Å²) in [5.74, 6) is 1.78. The summed E-state index contributed by atoms with van der Waals surface area (Å²) < 4.78 is 5.82. The highest BCUT2D eigenvalue weighted by Gasteiger charge is 2.21. The van der Waals surface area contributed by atoms with Crippen molar-refractivity contribution >= 4 is 28.5 Å². The lowest BCUT2D eigenvalue weighted by atomic mass is 10.2. The smallest absolute Gasteiger partial charge is 0.227 e. The number of aliphatic imine (C=N–C) groups is 1. The number of carbonyl (C=O) groups excluding carboxylic acids is 1. The van der Waals surface area contributed by atoms with E-state index in [1.807, 2.05) is 59.5 Å². The van der Waals surface area contributed by atoms with Gasteiger partial charge in [0, 0.05) is 37.6 Å². The molecule has 1 fully saturated rings. The molecule has 1 aliphatic rings. The van der Waals surface area contributed by atoms with Gasteiger partial charge in [0.05, 0.1) is 6.54 Å². The lowest BCUT2D eigenvalue weighted by Crippen LogP contribution is -2.36. The van der Waals surface area contributed by atoms with E-state index in [4.69, 9.17) is 4.42 Å². The van der Waals surface area contributed by atoms with Crippen molar-refractivity contribution in [2.75, 3.05) is 18.5 Å². The molecule has 6 nitrogen and oxygen atoms in total. The fourth-order valence-corrected chi connectivity index (χ4v) is 3.42. The number of carbonyl (C=O) groups is 1. The van der Waals surface area contributed by atoms with E-state index in [-0.39, 0.29) is 5.91 Å². The van der Waals surface area contributed by atoms with Gasteiger partial charge in [0.1, 0.15) is 11.3 Å². The molecule has 3 aromatic rings. The number of fused-ring (bicyclic) bond motifs is 1. The van der Waals surface area contributed by atoms with Crippen LogP contribution in [0.25, 0.3) is 11.0 Å². The van der Waals surface area contributed by atoms with Crippen LogP contribution >= 0.6 is 0 Å². The Bertz CT molecular complexity index is 958. The number of para-hydroxylation sites is 1. The standard InChI is InChI=1S/C22H24N4O2/c1-23-22(25-15-19-13-17-5-2-3-6-20(17)28-19)24-14-16-8-10-18(11-9-16)26-12-4-7-21(26)27/h2-3,5-6,8-11,13H,4,7,12,14-15H2,1H3,(H2,23,24,25). The number of nitrogens with zero attached hydrogens (tertiary/aromatic N) is 2. The molecule has 2 N–H and O–H groups in total. The molecular weight excluding hydrogens is 352 g/mol. The zero-order valence-electron chi connectivity index (χ0n) is 15.9. The Kier molecular flexibility index (Phi) is 5.28. The predicted molar refractivity (Wildman–Crippen MR) is 111 cm³/mol. The van der Waals surface area contributed by atoms with Crippen LogP contribution in [0.2, 0.25) is 0 Å². The van der Waals surface area contributed by atoms with Crippen molar-refractivity contribution < 1.29 is 9.21 Å². The summed E-state index contributed by atoms with van der Waals surface area (Å²) >= 11 is 0. The third-order valence-corrected chi connectivity index (χ3v) is 4.91. The molecular formula is C22H24N4O2. The maximum atomic E-state index is 11.8. The van der Waals surface area contributed by atoms with Crippen molar-refractivity contribution in [1.82, 2.24) is 10.6 Å². The van der Waals surface area contributed by atoms with Gasteiger partial charge >= 0.3 is 0 Å². The van der Waals surface area contributed by atoms with Gasteiger partial charge in [-0.1, -0.05) is 30.3 Å². The van der Waals surface area contributed by atoms with E-state index in [9.17, 15) is 4.79 Å². The number of furan rings is 1. The molecule has 0 aliphatic carbocycles. The van der Waals surface area contributed by atoms with Crippen LogP contribution in [0.4, 0.5) is 5.69 Å². The van der Waals surface area contributed by atoms with E-state index in [1.165, 1.54) is 0 Å². The molecule has 6 heteroatoms. The van der Waals surface area contributed by atoms with Crippen LogP contribution in [-0.4, -0.2) is 25.5 Å². The van der Waals surface area contributed by atoms with Crippen molar-refractivity contribution in [3.8, 4) is 0 Å². The zero-order valence-corrected chi connectivity index (χ0v) is 15.9. The molecule has 1 saturated heterocycles. The topological polar surface area (TPSA) is 69.9 Å². The maximum absolute atomic E-state index is 11.8. The van der Waals surface area contributed by atoms with Gasteiger partial charge in [0.15, 0.2) is 5.96 Å². The highest BCUT2D eigenvalue weighted by atomic mass is 16.3. The van der Waals surface area contributed by atoms with E-state index in [0.29, 0.717) is 25.5 Å². The second kappa shape index (κ2) is 8.17. The summed E-state index contributed by atoms with van der Waals surface area (Å²) in [5.41, 5.74) is 2.99. The lowest BCUT2D eigenvalue weighted by molar-refractivity contribution is -0.117. The van der Waals surface area contributed by atoms with E-state index >= 15 is 0 Å². The molecule has 1 aliphatic heterocycles. The first-order chi connectivity index (χ1) is 13.7. The van der Waals surface area contributed by atoms with Gasteiger partial charge in [0.25, 0.3) is 0 Å². The minimum absolute atomic E-state index is 0.209. The molecule has 1 aromatic heterocycles. The fourth-order valence-electron chi connectivity index (χ4n) is 3.42. The van der Waals surface area contributed by atoms with Crippen LogP contribution in [0.1, 0.15) is 24.2 Å². The van der Waals surface area contributed by atoms with E-state index in [1.54, 1.807) is 7.05 Å². The molecule has 0 radical (unpaired) electrons. The van der Waals surface area contributed by atoms with Gasteiger partial charge < -0.3 is 20.0 Å². The number of anilines is 1. The second-order valence-electron chi connectivity index (χ2n) is 6.85. The third-order valence-electron chi connectivity index (χ3n) is 4.91. The fraction of sp³-hybridized carbons (Fsp3) is 0.273. The first-order valence-corrected chi connectivity index (χ1v) is 9.54. The van der Waals surface area contributed by atoms with Crippen molar-refractivity contribution in [2.45, 2.75) is 25.9 Å². The molecule has 0 bridgehead atoms. The summed E-state index contributed by atoms with van der Waals surface area (Å²) in [7, 11) is 1.75. The van der Waals surface area contributed by atoms with Gasteiger partial charge in [0.2, 0.25) is 5.91 Å². The highest BCUT2D eigenvalue weighted by molar-refractivity contribution is 5.95. The number of hydrogen-bond donors (Lipinski definition) is 2. The number of rotatable bonds is 5. The van der Waals surface area contributed by atoms with Crippen LogP contribution < -0.4 is 15.5 Å². The first-order valence-electron chi connectivity index (χ1n) is 9.54. The zero-order chi connectivity index (χ0) is 19.3. The molecule has 4 rings (SSSR count). The average molecular weight is 376 g/mol. The number of guanidine groups is 1. The Morgan fingerprint density at radius 2 is 1.89 bits per heavy atom. The maximum Gasteiger partial charge on any atom is 0.227 e. The van der Waals surface area contributed by atoms with Crippen LogP contribution in [0, 0.1) is 0 Å². The van der Waals surface area contributed by atoms with E-state index in [0.717, 1.165) is 40.9 Å². The quantitative estimate of drug-likeness (QED) is 0.529. The Morgan fingerprint density at radius 1 is 1.11 bits per heavy atom. The van der Waals surface area contributed by atoms with Gasteiger partial charge in [-0.3, -0.25) is 9.79 Å². The van der Waals surface area contributed by atoms with Gasteiger partial charge in [-0.05, 0) is 36.2 Å². The third kappa shape index (κ3) is 4.01. The Morgan fingerprint density at radius 3 is 2.61 bits per heavy atom. The Hall–Kier alpha value is -3.28. The summed E-state index contributed by atoms with van der Waals surface area (Å²) in [4.78, 5) is 18.0. The number of benzene rings is 2.